The lowest BCUT2D eigenvalue weighted by Crippen LogP contribution is -1.84. The highest BCUT2D eigenvalue weighted by Crippen LogP contribution is 2.19. The summed E-state index contributed by atoms with van der Waals surface area (Å²) in [6, 6.07) is 6.22. The molecular formula is C9H8IN3. The topological polar surface area (TPSA) is 41.6 Å². The molecule has 3 nitrogen and oxygen atoms in total. The van der Waals surface area contributed by atoms with Gasteiger partial charge in [0.05, 0.1) is 0 Å². The second-order valence-corrected chi connectivity index (χ2v) is 3.96. The molecule has 4 heteroatoms. The van der Waals surface area contributed by atoms with Crippen LogP contribution in [0.3, 0.4) is 0 Å². The van der Waals surface area contributed by atoms with Gasteiger partial charge in [0.1, 0.15) is 6.33 Å². The summed E-state index contributed by atoms with van der Waals surface area (Å²) in [6.45, 7) is 2.09. The molecule has 0 radical (unpaired) electrons. The Morgan fingerprint density at radius 1 is 1.38 bits per heavy atom. The fraction of sp³-hybridized carbons (Fsp3) is 0.111. The van der Waals surface area contributed by atoms with Crippen LogP contribution in [-0.2, 0) is 0 Å². The van der Waals surface area contributed by atoms with Crippen LogP contribution >= 0.6 is 22.6 Å². The molecule has 0 aliphatic heterocycles. The van der Waals surface area contributed by atoms with E-state index in [9.17, 15) is 0 Å². The first-order valence-electron chi connectivity index (χ1n) is 3.90. The maximum Gasteiger partial charge on any atom is 0.161 e. The SMILES string of the molecule is Cc1ccc(-c2nnc[nH]2)cc1I. The number of H-pyrrole nitrogens is 1. The predicted octanol–water partition coefficient (Wildman–Crippen LogP) is 2.38. The van der Waals surface area contributed by atoms with E-state index in [1.165, 1.54) is 9.13 Å². The molecular weight excluding hydrogens is 277 g/mol. The van der Waals surface area contributed by atoms with Crippen LogP contribution in [0, 0.1) is 10.5 Å². The molecule has 0 amide bonds. The number of hydrogen-bond acceptors (Lipinski definition) is 2. The van der Waals surface area contributed by atoms with Gasteiger partial charge in [0.2, 0.25) is 0 Å². The molecule has 1 heterocycles. The minimum Gasteiger partial charge on any atom is -0.328 e. The maximum absolute atomic E-state index is 3.95. The molecule has 2 rings (SSSR count). The molecule has 2 aromatic rings. The van der Waals surface area contributed by atoms with Crippen molar-refractivity contribution in [1.29, 1.82) is 0 Å². The number of aryl methyl sites for hydroxylation is 1. The first-order chi connectivity index (χ1) is 6.27. The van der Waals surface area contributed by atoms with Crippen molar-refractivity contribution in [2.45, 2.75) is 6.92 Å². The number of hydrogen-bond donors (Lipinski definition) is 1. The van der Waals surface area contributed by atoms with E-state index >= 15 is 0 Å². The first-order valence-corrected chi connectivity index (χ1v) is 4.98. The van der Waals surface area contributed by atoms with Gasteiger partial charge in [0.15, 0.2) is 5.82 Å². The number of halogens is 1. The Morgan fingerprint density at radius 3 is 2.85 bits per heavy atom. The number of nitrogens with one attached hydrogen (secondary N) is 1. The summed E-state index contributed by atoms with van der Waals surface area (Å²) in [6.07, 6.45) is 1.59. The van der Waals surface area contributed by atoms with Crippen LogP contribution in [0.4, 0.5) is 0 Å². The van der Waals surface area contributed by atoms with Crippen molar-refractivity contribution >= 4 is 22.6 Å². The molecule has 0 atom stereocenters. The Balaban J connectivity index is 2.49. The van der Waals surface area contributed by atoms with E-state index < -0.39 is 0 Å². The van der Waals surface area contributed by atoms with E-state index in [0.29, 0.717) is 0 Å². The van der Waals surface area contributed by atoms with Gasteiger partial charge in [-0.2, -0.15) is 0 Å². The minimum absolute atomic E-state index is 0.818. The predicted molar refractivity (Wildman–Crippen MR) is 59.3 cm³/mol. The number of aromatic nitrogens is 3. The van der Waals surface area contributed by atoms with Crippen molar-refractivity contribution in [2.75, 3.05) is 0 Å². The van der Waals surface area contributed by atoms with Gasteiger partial charge < -0.3 is 4.98 Å². The average Bonchev–Trinajstić information content (AvgIpc) is 2.62. The molecule has 0 fully saturated rings. The summed E-state index contributed by atoms with van der Waals surface area (Å²) in [4.78, 5) is 2.97. The molecule has 13 heavy (non-hydrogen) atoms. The quantitative estimate of drug-likeness (QED) is 0.817. The van der Waals surface area contributed by atoms with Crippen LogP contribution in [0.2, 0.25) is 0 Å². The Hall–Kier alpha value is -0.910. The summed E-state index contributed by atoms with van der Waals surface area (Å²) in [5.74, 6) is 0.818. The molecule has 0 aliphatic rings. The van der Waals surface area contributed by atoms with E-state index in [0.717, 1.165) is 11.4 Å². The highest BCUT2D eigenvalue weighted by Gasteiger charge is 2.02. The molecule has 0 aliphatic carbocycles. The van der Waals surface area contributed by atoms with Gasteiger partial charge in [-0.05, 0) is 41.1 Å². The monoisotopic (exact) mass is 285 g/mol. The lowest BCUT2D eigenvalue weighted by atomic mass is 10.1. The zero-order valence-electron chi connectivity index (χ0n) is 7.08. The lowest BCUT2D eigenvalue weighted by Gasteiger charge is -1.99. The summed E-state index contributed by atoms with van der Waals surface area (Å²) >= 11 is 2.31. The van der Waals surface area contributed by atoms with Crippen LogP contribution in [0.25, 0.3) is 11.4 Å². The fourth-order valence-corrected chi connectivity index (χ4v) is 1.60. The second kappa shape index (κ2) is 3.45. The number of nitrogens with zero attached hydrogens (tertiary/aromatic N) is 2. The Labute approximate surface area is 89.7 Å². The van der Waals surface area contributed by atoms with Gasteiger partial charge in [0.25, 0.3) is 0 Å². The molecule has 0 bridgehead atoms. The standard InChI is InChI=1S/C9H8IN3/c1-6-2-3-7(4-8(6)10)9-11-5-12-13-9/h2-5H,1H3,(H,11,12,13). The van der Waals surface area contributed by atoms with Crippen molar-refractivity contribution in [1.82, 2.24) is 15.2 Å². The van der Waals surface area contributed by atoms with Gasteiger partial charge in [-0.15, -0.1) is 10.2 Å². The molecule has 66 valence electrons. The molecule has 1 aromatic heterocycles. The highest BCUT2D eigenvalue weighted by atomic mass is 127. The third-order valence-electron chi connectivity index (χ3n) is 1.86. The maximum atomic E-state index is 3.95. The molecule has 0 unspecified atom stereocenters. The van der Waals surface area contributed by atoms with Gasteiger partial charge in [0, 0.05) is 9.13 Å². The van der Waals surface area contributed by atoms with Crippen LogP contribution in [-0.4, -0.2) is 15.2 Å². The highest BCUT2D eigenvalue weighted by molar-refractivity contribution is 14.1. The van der Waals surface area contributed by atoms with Gasteiger partial charge in [-0.25, -0.2) is 0 Å². The van der Waals surface area contributed by atoms with Crippen molar-refractivity contribution in [2.24, 2.45) is 0 Å². The molecule has 0 spiro atoms. The fourth-order valence-electron chi connectivity index (χ4n) is 1.09. The minimum atomic E-state index is 0.818. The molecule has 0 saturated carbocycles. The lowest BCUT2D eigenvalue weighted by molar-refractivity contribution is 1.09. The first kappa shape index (κ1) is 8.68. The third kappa shape index (κ3) is 1.72. The van der Waals surface area contributed by atoms with Gasteiger partial charge in [-0.1, -0.05) is 12.1 Å². The largest absolute Gasteiger partial charge is 0.328 e. The van der Waals surface area contributed by atoms with Crippen LogP contribution in [0.5, 0.6) is 0 Å². The average molecular weight is 285 g/mol. The number of aromatic amines is 1. The molecule has 1 aromatic carbocycles. The normalized spacial score (nSPS) is 10.3. The van der Waals surface area contributed by atoms with Gasteiger partial charge in [-0.3, -0.25) is 0 Å². The Morgan fingerprint density at radius 2 is 2.23 bits per heavy atom. The van der Waals surface area contributed by atoms with Crippen molar-refractivity contribution in [3.8, 4) is 11.4 Å². The number of benzene rings is 1. The molecule has 1 N–H and O–H groups in total. The zero-order valence-corrected chi connectivity index (χ0v) is 9.24. The van der Waals surface area contributed by atoms with E-state index in [1.807, 2.05) is 6.07 Å². The van der Waals surface area contributed by atoms with E-state index in [4.69, 9.17) is 0 Å². The van der Waals surface area contributed by atoms with E-state index in [-0.39, 0.29) is 0 Å². The van der Waals surface area contributed by atoms with Crippen LogP contribution in [0.15, 0.2) is 24.5 Å². The van der Waals surface area contributed by atoms with Crippen LogP contribution in [0.1, 0.15) is 5.56 Å². The van der Waals surface area contributed by atoms with E-state index in [2.05, 4.69) is 56.8 Å². The smallest absolute Gasteiger partial charge is 0.161 e. The zero-order chi connectivity index (χ0) is 9.26. The van der Waals surface area contributed by atoms with Gasteiger partial charge >= 0.3 is 0 Å². The summed E-state index contributed by atoms with van der Waals surface area (Å²) in [7, 11) is 0. The van der Waals surface area contributed by atoms with Crippen molar-refractivity contribution in [3.05, 3.63) is 33.7 Å². The van der Waals surface area contributed by atoms with Crippen molar-refractivity contribution < 1.29 is 0 Å². The van der Waals surface area contributed by atoms with Crippen LogP contribution < -0.4 is 0 Å². The third-order valence-corrected chi connectivity index (χ3v) is 3.02. The number of rotatable bonds is 1. The molecule has 0 saturated heterocycles. The summed E-state index contributed by atoms with van der Waals surface area (Å²) < 4.78 is 1.24. The summed E-state index contributed by atoms with van der Waals surface area (Å²) in [5.41, 5.74) is 2.36. The van der Waals surface area contributed by atoms with E-state index in [1.54, 1.807) is 6.33 Å². The van der Waals surface area contributed by atoms with Crippen molar-refractivity contribution in [3.63, 3.8) is 0 Å². The Bertz CT molecular complexity index is 409. The summed E-state index contributed by atoms with van der Waals surface area (Å²) in [5, 5.41) is 7.69. The Kier molecular flexibility index (Phi) is 2.30. The second-order valence-electron chi connectivity index (χ2n) is 2.80.